The Balaban J connectivity index is 1.97. The molecule has 0 spiro atoms. The molecule has 96 valence electrons. The van der Waals surface area contributed by atoms with E-state index in [-0.39, 0.29) is 12.2 Å². The van der Waals surface area contributed by atoms with Crippen LogP contribution in [-0.4, -0.2) is 25.7 Å². The van der Waals surface area contributed by atoms with Crippen molar-refractivity contribution in [3.05, 3.63) is 28.8 Å². The molecule has 2 unspecified atom stereocenters. The molecule has 0 saturated carbocycles. The average molecular weight is 268 g/mol. The van der Waals surface area contributed by atoms with Gasteiger partial charge in [-0.15, -0.1) is 0 Å². The molecule has 0 radical (unpaired) electrons. The summed E-state index contributed by atoms with van der Waals surface area (Å²) < 4.78 is 10.9. The number of fused-ring (bicyclic) bond motifs is 1. The quantitative estimate of drug-likeness (QED) is 0.827. The Morgan fingerprint density at radius 2 is 2.33 bits per heavy atom. The maximum absolute atomic E-state index is 6.04. The molecule has 1 aromatic rings. The number of hydrogen-bond donors (Lipinski definition) is 0. The lowest BCUT2D eigenvalue weighted by atomic mass is 9.91. The average Bonchev–Trinajstić information content (AvgIpc) is 2.82. The van der Waals surface area contributed by atoms with Crippen LogP contribution < -0.4 is 4.74 Å². The first-order valence-electron chi connectivity index (χ1n) is 5.99. The number of halogens is 1. The minimum atomic E-state index is -0.252. The van der Waals surface area contributed by atoms with Crippen molar-refractivity contribution in [2.45, 2.75) is 19.1 Å². The summed E-state index contributed by atoms with van der Waals surface area (Å²) >= 11 is 6.04. The molecule has 2 aliphatic rings. The number of rotatable bonds is 2. The van der Waals surface area contributed by atoms with Crippen LogP contribution in [0, 0.1) is 5.92 Å². The van der Waals surface area contributed by atoms with Crippen LogP contribution in [0.25, 0.3) is 0 Å². The van der Waals surface area contributed by atoms with Gasteiger partial charge >= 0.3 is 0 Å². The fourth-order valence-corrected chi connectivity index (χ4v) is 2.60. The molecule has 0 aliphatic carbocycles. The molecule has 0 aromatic heterocycles. The summed E-state index contributed by atoms with van der Waals surface area (Å²) in [5.41, 5.74) is 1.77. The van der Waals surface area contributed by atoms with Crippen LogP contribution in [0.4, 0.5) is 0 Å². The van der Waals surface area contributed by atoms with Gasteiger partial charge in [0, 0.05) is 10.6 Å². The molecule has 1 saturated heterocycles. The van der Waals surface area contributed by atoms with E-state index in [9.17, 15) is 0 Å². The fraction of sp³-hybridized carbons (Fsp3) is 0.462. The maximum Gasteiger partial charge on any atom is 0.235 e. The van der Waals surface area contributed by atoms with Gasteiger partial charge in [-0.3, -0.25) is 0 Å². The summed E-state index contributed by atoms with van der Waals surface area (Å²) in [5, 5.41) is 4.81. The number of nitrogens with zero attached hydrogens (tertiary/aromatic N) is 1. The predicted molar refractivity (Wildman–Crippen MR) is 68.1 cm³/mol. The van der Waals surface area contributed by atoms with Crippen molar-refractivity contribution in [3.63, 3.8) is 0 Å². The second kappa shape index (κ2) is 4.78. The van der Waals surface area contributed by atoms with E-state index >= 15 is 0 Å². The SMILES string of the molecule is COc1ccc(Cl)cc1C1=NOC2OCCCC12. The van der Waals surface area contributed by atoms with E-state index in [0.29, 0.717) is 5.02 Å². The van der Waals surface area contributed by atoms with E-state index in [0.717, 1.165) is 36.5 Å². The molecular weight excluding hydrogens is 254 g/mol. The molecular formula is C13H14ClNO3. The van der Waals surface area contributed by atoms with Crippen LogP contribution in [0.1, 0.15) is 18.4 Å². The summed E-state index contributed by atoms with van der Waals surface area (Å²) in [6.07, 6.45) is 1.78. The Bertz CT molecular complexity index is 489. The van der Waals surface area contributed by atoms with Crippen LogP contribution in [0.5, 0.6) is 5.75 Å². The summed E-state index contributed by atoms with van der Waals surface area (Å²) in [6, 6.07) is 5.51. The van der Waals surface area contributed by atoms with Crippen LogP contribution in [0.2, 0.25) is 5.02 Å². The second-order valence-electron chi connectivity index (χ2n) is 4.41. The molecule has 18 heavy (non-hydrogen) atoms. The third kappa shape index (κ3) is 1.95. The zero-order valence-corrected chi connectivity index (χ0v) is 10.8. The van der Waals surface area contributed by atoms with Gasteiger partial charge in [-0.2, -0.15) is 0 Å². The number of hydrogen-bond acceptors (Lipinski definition) is 4. The summed E-state index contributed by atoms with van der Waals surface area (Å²) in [4.78, 5) is 5.33. The standard InChI is InChI=1S/C13H14ClNO3/c1-16-11-5-4-8(14)7-10(11)12-9-3-2-6-17-13(9)18-15-12/h4-5,7,9,13H,2-3,6H2,1H3. The van der Waals surface area contributed by atoms with Crippen LogP contribution >= 0.6 is 11.6 Å². The van der Waals surface area contributed by atoms with Crippen molar-refractivity contribution in [2.75, 3.05) is 13.7 Å². The van der Waals surface area contributed by atoms with E-state index in [1.54, 1.807) is 13.2 Å². The highest BCUT2D eigenvalue weighted by molar-refractivity contribution is 6.31. The minimum absolute atomic E-state index is 0.172. The first-order chi connectivity index (χ1) is 8.79. The highest BCUT2D eigenvalue weighted by Crippen LogP contribution is 2.35. The smallest absolute Gasteiger partial charge is 0.235 e. The zero-order valence-electron chi connectivity index (χ0n) is 10.1. The van der Waals surface area contributed by atoms with E-state index in [4.69, 9.17) is 25.9 Å². The third-order valence-corrected chi connectivity index (χ3v) is 3.55. The van der Waals surface area contributed by atoms with Crippen molar-refractivity contribution in [2.24, 2.45) is 11.1 Å². The second-order valence-corrected chi connectivity index (χ2v) is 4.85. The van der Waals surface area contributed by atoms with Crippen LogP contribution in [0.3, 0.4) is 0 Å². The molecule has 2 aliphatic heterocycles. The van der Waals surface area contributed by atoms with Crippen molar-refractivity contribution < 1.29 is 14.3 Å². The Labute approximate surface area is 110 Å². The molecule has 1 fully saturated rings. The number of benzene rings is 1. The molecule has 0 amide bonds. The third-order valence-electron chi connectivity index (χ3n) is 3.31. The van der Waals surface area contributed by atoms with Crippen molar-refractivity contribution >= 4 is 17.3 Å². The molecule has 2 atom stereocenters. The van der Waals surface area contributed by atoms with Gasteiger partial charge in [0.25, 0.3) is 0 Å². The van der Waals surface area contributed by atoms with Gasteiger partial charge in [0.2, 0.25) is 6.29 Å². The predicted octanol–water partition coefficient (Wildman–Crippen LogP) is 2.84. The lowest BCUT2D eigenvalue weighted by Crippen LogP contribution is -2.31. The lowest BCUT2D eigenvalue weighted by molar-refractivity contribution is -0.162. The van der Waals surface area contributed by atoms with E-state index in [2.05, 4.69) is 5.16 Å². The normalized spacial score (nSPS) is 26.2. The summed E-state index contributed by atoms with van der Waals surface area (Å²) in [5.74, 6) is 0.930. The Kier molecular flexibility index (Phi) is 3.14. The molecule has 3 rings (SSSR count). The molecule has 0 bridgehead atoms. The van der Waals surface area contributed by atoms with Gasteiger partial charge in [-0.25, -0.2) is 0 Å². The lowest BCUT2D eigenvalue weighted by Gasteiger charge is -2.24. The van der Waals surface area contributed by atoms with Gasteiger partial charge in [0.15, 0.2) is 0 Å². The Morgan fingerprint density at radius 3 is 3.17 bits per heavy atom. The van der Waals surface area contributed by atoms with Gasteiger partial charge in [-0.1, -0.05) is 16.8 Å². The zero-order chi connectivity index (χ0) is 12.5. The highest BCUT2D eigenvalue weighted by atomic mass is 35.5. The minimum Gasteiger partial charge on any atom is -0.496 e. The molecule has 5 heteroatoms. The summed E-state index contributed by atoms with van der Waals surface area (Å²) in [7, 11) is 1.64. The Hall–Kier alpha value is -1.26. The first kappa shape index (κ1) is 11.8. The van der Waals surface area contributed by atoms with Crippen molar-refractivity contribution in [1.82, 2.24) is 0 Å². The van der Waals surface area contributed by atoms with Crippen LogP contribution in [0.15, 0.2) is 23.4 Å². The van der Waals surface area contributed by atoms with E-state index in [1.807, 2.05) is 12.1 Å². The Morgan fingerprint density at radius 1 is 1.44 bits per heavy atom. The number of ether oxygens (including phenoxy) is 2. The number of oxime groups is 1. The monoisotopic (exact) mass is 267 g/mol. The largest absolute Gasteiger partial charge is 0.496 e. The van der Waals surface area contributed by atoms with Gasteiger partial charge < -0.3 is 14.3 Å². The van der Waals surface area contributed by atoms with Gasteiger partial charge in [-0.05, 0) is 31.0 Å². The van der Waals surface area contributed by atoms with Crippen molar-refractivity contribution in [3.8, 4) is 5.75 Å². The van der Waals surface area contributed by atoms with Gasteiger partial charge in [0.1, 0.15) is 11.5 Å². The number of methoxy groups -OCH3 is 1. The van der Waals surface area contributed by atoms with Gasteiger partial charge in [0.05, 0.1) is 19.6 Å². The topological polar surface area (TPSA) is 40.0 Å². The molecule has 0 N–H and O–H groups in total. The maximum atomic E-state index is 6.04. The van der Waals surface area contributed by atoms with Crippen molar-refractivity contribution in [1.29, 1.82) is 0 Å². The highest BCUT2D eigenvalue weighted by Gasteiger charge is 2.38. The van der Waals surface area contributed by atoms with E-state index in [1.165, 1.54) is 0 Å². The van der Waals surface area contributed by atoms with Crippen LogP contribution in [-0.2, 0) is 9.57 Å². The fourth-order valence-electron chi connectivity index (χ4n) is 2.43. The molecule has 2 heterocycles. The summed E-state index contributed by atoms with van der Waals surface area (Å²) in [6.45, 7) is 0.733. The first-order valence-corrected chi connectivity index (χ1v) is 6.36. The molecule has 1 aromatic carbocycles. The van der Waals surface area contributed by atoms with E-state index < -0.39 is 0 Å². The molecule has 4 nitrogen and oxygen atoms in total.